The predicted octanol–water partition coefficient (Wildman–Crippen LogP) is 2.05. The molecule has 1 saturated heterocycles. The van der Waals surface area contributed by atoms with Crippen LogP contribution in [0, 0.1) is 5.41 Å². The fourth-order valence-electron chi connectivity index (χ4n) is 2.64. The van der Waals surface area contributed by atoms with E-state index in [9.17, 15) is 0 Å². The smallest absolute Gasteiger partial charge is 0.259 e. The molecule has 1 N–H and O–H groups in total. The van der Waals surface area contributed by atoms with Crippen LogP contribution >= 0.6 is 0 Å². The topological polar surface area (TPSA) is 82.3 Å². The summed E-state index contributed by atoms with van der Waals surface area (Å²) in [5.74, 6) is 1.55. The minimum absolute atomic E-state index is 0.167. The van der Waals surface area contributed by atoms with E-state index < -0.39 is 0 Å². The van der Waals surface area contributed by atoms with Crippen LogP contribution in [0.2, 0.25) is 0 Å². The Morgan fingerprint density at radius 2 is 2.30 bits per heavy atom. The van der Waals surface area contributed by atoms with Crippen LogP contribution in [0.4, 0.5) is 0 Å². The van der Waals surface area contributed by atoms with Crippen molar-refractivity contribution in [1.29, 1.82) is 0 Å². The van der Waals surface area contributed by atoms with Gasteiger partial charge in [-0.05, 0) is 25.5 Å². The third-order valence-corrected chi connectivity index (χ3v) is 3.98. The Hall–Kier alpha value is -1.99. The maximum atomic E-state index is 5.85. The molecular formula is C16H22N4O3. The predicted molar refractivity (Wildman–Crippen MR) is 83.9 cm³/mol. The second kappa shape index (κ2) is 7.06. The lowest BCUT2D eigenvalue weighted by Crippen LogP contribution is -2.41. The highest BCUT2D eigenvalue weighted by Crippen LogP contribution is 2.26. The average molecular weight is 318 g/mol. The molecule has 0 aromatic carbocycles. The molecule has 1 atom stereocenters. The van der Waals surface area contributed by atoms with E-state index in [1.807, 2.05) is 12.1 Å². The Morgan fingerprint density at radius 1 is 1.39 bits per heavy atom. The number of methoxy groups -OCH3 is 1. The molecule has 1 aliphatic rings. The Morgan fingerprint density at radius 3 is 3.00 bits per heavy atom. The fraction of sp³-hybridized carbons (Fsp3) is 0.562. The van der Waals surface area contributed by atoms with Crippen molar-refractivity contribution >= 4 is 0 Å². The zero-order chi connectivity index (χ0) is 16.1. The van der Waals surface area contributed by atoms with Crippen LogP contribution in [0.5, 0.6) is 5.88 Å². The van der Waals surface area contributed by atoms with Gasteiger partial charge in [-0.25, -0.2) is 4.98 Å². The third kappa shape index (κ3) is 4.05. The van der Waals surface area contributed by atoms with Crippen LogP contribution in [0.1, 0.15) is 25.6 Å². The summed E-state index contributed by atoms with van der Waals surface area (Å²) >= 11 is 0. The number of rotatable bonds is 6. The first kappa shape index (κ1) is 15.9. The Bertz CT molecular complexity index is 621. The fourth-order valence-corrected chi connectivity index (χ4v) is 2.64. The van der Waals surface area contributed by atoms with Gasteiger partial charge in [0, 0.05) is 31.3 Å². The Labute approximate surface area is 135 Å². The van der Waals surface area contributed by atoms with Crippen molar-refractivity contribution in [3.8, 4) is 17.3 Å². The summed E-state index contributed by atoms with van der Waals surface area (Å²) in [6, 6.07) is 3.70. The lowest BCUT2D eigenvalue weighted by atomic mass is 9.84. The summed E-state index contributed by atoms with van der Waals surface area (Å²) in [5.41, 5.74) is 0.929. The molecule has 7 heteroatoms. The first-order chi connectivity index (χ1) is 11.2. The normalized spacial score (nSPS) is 21.3. The Kier molecular flexibility index (Phi) is 4.88. The largest absolute Gasteiger partial charge is 0.477 e. The van der Waals surface area contributed by atoms with Gasteiger partial charge in [0.1, 0.15) is 6.61 Å². The highest BCUT2D eigenvalue weighted by Gasteiger charge is 2.27. The molecular weight excluding hydrogens is 296 g/mol. The van der Waals surface area contributed by atoms with E-state index >= 15 is 0 Å². The second-order valence-corrected chi connectivity index (χ2v) is 6.21. The van der Waals surface area contributed by atoms with Gasteiger partial charge < -0.3 is 19.3 Å². The van der Waals surface area contributed by atoms with Crippen LogP contribution in [0.3, 0.4) is 0 Å². The molecule has 3 heterocycles. The van der Waals surface area contributed by atoms with Crippen molar-refractivity contribution in [2.75, 3.05) is 26.8 Å². The molecule has 0 unspecified atom stereocenters. The monoisotopic (exact) mass is 318 g/mol. The summed E-state index contributed by atoms with van der Waals surface area (Å²) in [6.07, 6.45) is 4.04. The molecule has 7 nitrogen and oxygen atoms in total. The summed E-state index contributed by atoms with van der Waals surface area (Å²) in [6.45, 7) is 5.30. The van der Waals surface area contributed by atoms with E-state index in [1.54, 1.807) is 13.3 Å². The van der Waals surface area contributed by atoms with E-state index in [0.29, 0.717) is 30.8 Å². The van der Waals surface area contributed by atoms with Gasteiger partial charge in [-0.1, -0.05) is 12.1 Å². The maximum absolute atomic E-state index is 5.85. The van der Waals surface area contributed by atoms with Crippen molar-refractivity contribution in [1.82, 2.24) is 20.4 Å². The Balaban J connectivity index is 1.60. The van der Waals surface area contributed by atoms with E-state index in [-0.39, 0.29) is 5.41 Å². The van der Waals surface area contributed by atoms with Gasteiger partial charge in [0.25, 0.3) is 5.89 Å². The summed E-state index contributed by atoms with van der Waals surface area (Å²) < 4.78 is 16.0. The second-order valence-electron chi connectivity index (χ2n) is 6.21. The zero-order valence-electron chi connectivity index (χ0n) is 13.5. The lowest BCUT2D eigenvalue weighted by Gasteiger charge is -2.33. The first-order valence-electron chi connectivity index (χ1n) is 7.80. The molecule has 0 radical (unpaired) electrons. The first-order valence-corrected chi connectivity index (χ1v) is 7.80. The summed E-state index contributed by atoms with van der Waals surface area (Å²) in [5, 5.41) is 7.25. The van der Waals surface area contributed by atoms with Crippen LogP contribution in [-0.2, 0) is 11.3 Å². The number of ether oxygens (including phenoxy) is 2. The van der Waals surface area contributed by atoms with Crippen LogP contribution < -0.4 is 10.1 Å². The SMILES string of the molecule is COCc1noc(-c2ccc(OC[C@@]3(C)CCCNC3)nc2)n1. The van der Waals surface area contributed by atoms with Gasteiger partial charge in [0.05, 0.1) is 12.2 Å². The van der Waals surface area contributed by atoms with Gasteiger partial charge in [-0.2, -0.15) is 4.98 Å². The van der Waals surface area contributed by atoms with Crippen molar-refractivity contribution in [3.05, 3.63) is 24.2 Å². The van der Waals surface area contributed by atoms with E-state index in [1.165, 1.54) is 12.8 Å². The number of nitrogens with zero attached hydrogens (tertiary/aromatic N) is 3. The molecule has 2 aromatic rings. The molecule has 0 spiro atoms. The summed E-state index contributed by atoms with van der Waals surface area (Å²) in [7, 11) is 1.59. The van der Waals surface area contributed by atoms with Crippen LogP contribution in [0.25, 0.3) is 11.5 Å². The quantitative estimate of drug-likeness (QED) is 0.872. The number of aromatic nitrogens is 3. The third-order valence-electron chi connectivity index (χ3n) is 3.98. The van der Waals surface area contributed by atoms with Crippen LogP contribution in [-0.4, -0.2) is 41.9 Å². The van der Waals surface area contributed by atoms with Crippen molar-refractivity contribution < 1.29 is 14.0 Å². The number of hydrogen-bond donors (Lipinski definition) is 1. The van der Waals surface area contributed by atoms with Crippen LogP contribution in [0.15, 0.2) is 22.9 Å². The van der Waals surface area contributed by atoms with Gasteiger partial charge >= 0.3 is 0 Å². The lowest BCUT2D eigenvalue weighted by molar-refractivity contribution is 0.125. The standard InChI is InChI=1S/C16H22N4O3/c1-16(6-3-7-17-10-16)11-22-14-5-4-12(8-18-14)15-19-13(9-21-2)20-23-15/h4-5,8,17H,3,6-7,9-11H2,1-2H3/t16-/m0/s1. The van der Waals surface area contributed by atoms with Gasteiger partial charge in [-0.15, -0.1) is 0 Å². The highest BCUT2D eigenvalue weighted by atomic mass is 16.5. The van der Waals surface area contributed by atoms with E-state index in [4.69, 9.17) is 14.0 Å². The number of piperidine rings is 1. The maximum Gasteiger partial charge on any atom is 0.259 e. The average Bonchev–Trinajstić information content (AvgIpc) is 3.03. The molecule has 1 fully saturated rings. The minimum atomic E-state index is 0.167. The van der Waals surface area contributed by atoms with E-state index in [0.717, 1.165) is 18.7 Å². The molecule has 0 saturated carbocycles. The number of pyridine rings is 1. The molecule has 2 aromatic heterocycles. The minimum Gasteiger partial charge on any atom is -0.477 e. The molecule has 124 valence electrons. The van der Waals surface area contributed by atoms with E-state index in [2.05, 4.69) is 27.4 Å². The number of nitrogens with one attached hydrogen (secondary N) is 1. The number of hydrogen-bond acceptors (Lipinski definition) is 7. The van der Waals surface area contributed by atoms with Crippen molar-refractivity contribution in [2.45, 2.75) is 26.4 Å². The zero-order valence-corrected chi connectivity index (χ0v) is 13.5. The van der Waals surface area contributed by atoms with Gasteiger partial charge in [-0.3, -0.25) is 0 Å². The molecule has 0 amide bonds. The van der Waals surface area contributed by atoms with Gasteiger partial charge in [0.2, 0.25) is 5.88 Å². The van der Waals surface area contributed by atoms with Gasteiger partial charge in [0.15, 0.2) is 5.82 Å². The molecule has 0 aliphatic carbocycles. The summed E-state index contributed by atoms with van der Waals surface area (Å²) in [4.78, 5) is 8.56. The molecule has 3 rings (SSSR count). The molecule has 1 aliphatic heterocycles. The molecule has 23 heavy (non-hydrogen) atoms. The van der Waals surface area contributed by atoms with Crippen molar-refractivity contribution in [2.24, 2.45) is 5.41 Å². The molecule has 0 bridgehead atoms. The van der Waals surface area contributed by atoms with Crippen molar-refractivity contribution in [3.63, 3.8) is 0 Å². The highest BCUT2D eigenvalue weighted by molar-refractivity contribution is 5.51.